The standard InChI is InChI=1S/C26H27FN2O5S/c1-2-22(27)16-29(35(32,33)25-8-3-4-13-28-25)23-14-20-6-5-7-21(20)15-24(23)34-17-18-9-11-19(12-10-18)26(30)31/h3-4,8-15,22H,2,5-7,16-17H2,1H3,(H,30,31)/t22-/m0/s1. The Hall–Kier alpha value is -3.46. The molecule has 184 valence electrons. The van der Waals surface area contributed by atoms with Crippen molar-refractivity contribution in [1.29, 1.82) is 0 Å². The molecule has 2 aromatic carbocycles. The molecule has 4 rings (SSSR count). The molecule has 0 unspecified atom stereocenters. The second-order valence-corrected chi connectivity index (χ2v) is 10.3. The Morgan fingerprint density at radius 1 is 1.14 bits per heavy atom. The van der Waals surface area contributed by atoms with Crippen LogP contribution in [0.15, 0.2) is 65.8 Å². The predicted molar refractivity (Wildman–Crippen MR) is 130 cm³/mol. The first-order valence-corrected chi connectivity index (χ1v) is 12.9. The molecule has 3 aromatic rings. The van der Waals surface area contributed by atoms with Crippen molar-refractivity contribution in [3.8, 4) is 5.75 Å². The van der Waals surface area contributed by atoms with Gasteiger partial charge in [0.25, 0.3) is 10.0 Å². The van der Waals surface area contributed by atoms with Gasteiger partial charge in [0.2, 0.25) is 0 Å². The zero-order chi connectivity index (χ0) is 25.0. The smallest absolute Gasteiger partial charge is 0.335 e. The quantitative estimate of drug-likeness (QED) is 0.432. The summed E-state index contributed by atoms with van der Waals surface area (Å²) in [5.74, 6) is -0.693. The lowest BCUT2D eigenvalue weighted by molar-refractivity contribution is 0.0696. The van der Waals surface area contributed by atoms with E-state index in [0.717, 1.165) is 40.3 Å². The molecule has 0 amide bonds. The van der Waals surface area contributed by atoms with Gasteiger partial charge in [0.1, 0.15) is 18.5 Å². The molecule has 35 heavy (non-hydrogen) atoms. The summed E-state index contributed by atoms with van der Waals surface area (Å²) < 4.78 is 49.0. The zero-order valence-electron chi connectivity index (χ0n) is 19.4. The number of halogens is 1. The Morgan fingerprint density at radius 2 is 1.86 bits per heavy atom. The van der Waals surface area contributed by atoms with Gasteiger partial charge in [-0.3, -0.25) is 4.31 Å². The monoisotopic (exact) mass is 498 g/mol. The number of nitrogens with zero attached hydrogens (tertiary/aromatic N) is 2. The van der Waals surface area contributed by atoms with E-state index >= 15 is 0 Å². The summed E-state index contributed by atoms with van der Waals surface area (Å²) in [5, 5.41) is 8.94. The number of anilines is 1. The lowest BCUT2D eigenvalue weighted by Gasteiger charge is -2.28. The normalized spacial score (nSPS) is 13.8. The predicted octanol–water partition coefficient (Wildman–Crippen LogP) is 4.79. The van der Waals surface area contributed by atoms with E-state index in [1.54, 1.807) is 37.3 Å². The van der Waals surface area contributed by atoms with Crippen LogP contribution in [0.3, 0.4) is 0 Å². The molecule has 0 spiro atoms. The summed E-state index contributed by atoms with van der Waals surface area (Å²) in [6.45, 7) is 1.39. The average molecular weight is 499 g/mol. The van der Waals surface area contributed by atoms with E-state index in [9.17, 15) is 17.6 Å². The van der Waals surface area contributed by atoms with Crippen molar-refractivity contribution in [2.75, 3.05) is 10.8 Å². The second kappa shape index (κ2) is 10.4. The number of pyridine rings is 1. The SMILES string of the molecule is CC[C@H](F)CN(c1cc2c(cc1OCc1ccc(C(=O)O)cc1)CCC2)S(=O)(=O)c1ccccn1. The number of ether oxygens (including phenoxy) is 1. The number of sulfonamides is 1. The number of benzene rings is 2. The Kier molecular flexibility index (Phi) is 7.35. The molecular weight excluding hydrogens is 471 g/mol. The molecule has 1 aromatic heterocycles. The first-order chi connectivity index (χ1) is 16.8. The lowest BCUT2D eigenvalue weighted by Crippen LogP contribution is -2.37. The second-order valence-electron chi connectivity index (χ2n) is 8.44. The summed E-state index contributed by atoms with van der Waals surface area (Å²) in [4.78, 5) is 15.1. The molecule has 1 heterocycles. The number of aryl methyl sites for hydroxylation is 2. The van der Waals surface area contributed by atoms with Crippen LogP contribution >= 0.6 is 0 Å². The van der Waals surface area contributed by atoms with Crippen molar-refractivity contribution in [3.63, 3.8) is 0 Å². The summed E-state index contributed by atoms with van der Waals surface area (Å²) in [6, 6.07) is 14.5. The number of hydrogen-bond acceptors (Lipinski definition) is 5. The maximum atomic E-state index is 14.7. The van der Waals surface area contributed by atoms with Gasteiger partial charge < -0.3 is 9.84 Å². The molecule has 0 saturated carbocycles. The molecule has 1 aliphatic rings. The number of rotatable bonds is 10. The van der Waals surface area contributed by atoms with E-state index in [-0.39, 0.29) is 35.8 Å². The number of carboxylic acids is 1. The maximum absolute atomic E-state index is 14.7. The highest BCUT2D eigenvalue weighted by molar-refractivity contribution is 7.92. The molecule has 0 aliphatic heterocycles. The van der Waals surface area contributed by atoms with Crippen LogP contribution in [-0.4, -0.2) is 37.2 Å². The van der Waals surface area contributed by atoms with Crippen LogP contribution < -0.4 is 9.04 Å². The lowest BCUT2D eigenvalue weighted by atomic mass is 10.1. The number of hydrogen-bond donors (Lipinski definition) is 1. The van der Waals surface area contributed by atoms with Crippen LogP contribution in [0.4, 0.5) is 10.1 Å². The fourth-order valence-electron chi connectivity index (χ4n) is 4.05. The fraction of sp³-hybridized carbons (Fsp3) is 0.308. The molecule has 0 radical (unpaired) electrons. The van der Waals surface area contributed by atoms with Crippen molar-refractivity contribution in [2.45, 2.75) is 50.4 Å². The Morgan fingerprint density at radius 3 is 2.49 bits per heavy atom. The van der Waals surface area contributed by atoms with Crippen molar-refractivity contribution in [1.82, 2.24) is 4.98 Å². The third-order valence-corrected chi connectivity index (χ3v) is 7.73. The summed E-state index contributed by atoms with van der Waals surface area (Å²) in [6.07, 6.45) is 2.78. The van der Waals surface area contributed by atoms with E-state index in [4.69, 9.17) is 9.84 Å². The first kappa shape index (κ1) is 24.7. The minimum Gasteiger partial charge on any atom is -0.487 e. The molecule has 1 atom stereocenters. The third-order valence-electron chi connectivity index (χ3n) is 6.04. The highest BCUT2D eigenvalue weighted by Crippen LogP contribution is 2.39. The molecular formula is C26H27FN2O5S. The van der Waals surface area contributed by atoms with Gasteiger partial charge >= 0.3 is 5.97 Å². The molecule has 0 fully saturated rings. The molecule has 1 N–H and O–H groups in total. The number of aromatic nitrogens is 1. The summed E-state index contributed by atoms with van der Waals surface area (Å²) in [7, 11) is -4.16. The number of carboxylic acid groups (broad SMARTS) is 1. The van der Waals surface area contributed by atoms with Gasteiger partial charge in [-0.2, -0.15) is 8.42 Å². The summed E-state index contributed by atoms with van der Waals surface area (Å²) in [5.41, 5.74) is 3.25. The molecule has 7 nitrogen and oxygen atoms in total. The van der Waals surface area contributed by atoms with E-state index in [1.807, 2.05) is 6.07 Å². The van der Waals surface area contributed by atoms with E-state index in [2.05, 4.69) is 4.98 Å². The van der Waals surface area contributed by atoms with Crippen LogP contribution in [0.2, 0.25) is 0 Å². The fourth-order valence-corrected chi connectivity index (χ4v) is 5.48. The van der Waals surface area contributed by atoms with Crippen LogP contribution in [-0.2, 0) is 29.5 Å². The van der Waals surface area contributed by atoms with Gasteiger partial charge in [-0.15, -0.1) is 0 Å². The average Bonchev–Trinajstić information content (AvgIpc) is 3.33. The van der Waals surface area contributed by atoms with Crippen LogP contribution in [0.25, 0.3) is 0 Å². The van der Waals surface area contributed by atoms with Crippen molar-refractivity contribution < 1.29 is 27.4 Å². The molecule has 1 aliphatic carbocycles. The minimum atomic E-state index is -4.16. The summed E-state index contributed by atoms with van der Waals surface area (Å²) >= 11 is 0. The maximum Gasteiger partial charge on any atom is 0.335 e. The van der Waals surface area contributed by atoms with Gasteiger partial charge in [-0.1, -0.05) is 25.1 Å². The van der Waals surface area contributed by atoms with Crippen molar-refractivity contribution in [3.05, 3.63) is 83.0 Å². The number of alkyl halides is 1. The van der Waals surface area contributed by atoms with Crippen LogP contribution in [0.1, 0.15) is 46.8 Å². The van der Waals surface area contributed by atoms with Crippen molar-refractivity contribution >= 4 is 21.7 Å². The zero-order valence-corrected chi connectivity index (χ0v) is 20.2. The van der Waals surface area contributed by atoms with Crippen LogP contribution in [0, 0.1) is 0 Å². The molecule has 0 saturated heterocycles. The van der Waals surface area contributed by atoms with Gasteiger partial charge in [-0.25, -0.2) is 14.2 Å². The minimum absolute atomic E-state index is 0.0932. The van der Waals surface area contributed by atoms with E-state index in [0.29, 0.717) is 5.75 Å². The van der Waals surface area contributed by atoms with Gasteiger partial charge in [0.15, 0.2) is 5.03 Å². The Bertz CT molecular complexity index is 1300. The topological polar surface area (TPSA) is 96.8 Å². The van der Waals surface area contributed by atoms with Crippen molar-refractivity contribution in [2.24, 2.45) is 0 Å². The highest BCUT2D eigenvalue weighted by Gasteiger charge is 2.32. The number of fused-ring (bicyclic) bond motifs is 1. The van der Waals surface area contributed by atoms with Gasteiger partial charge in [-0.05, 0) is 78.8 Å². The van der Waals surface area contributed by atoms with Gasteiger partial charge in [0, 0.05) is 6.20 Å². The van der Waals surface area contributed by atoms with Gasteiger partial charge in [0.05, 0.1) is 17.8 Å². The van der Waals surface area contributed by atoms with E-state index in [1.165, 1.54) is 24.4 Å². The number of aromatic carboxylic acids is 1. The molecule has 0 bridgehead atoms. The largest absolute Gasteiger partial charge is 0.487 e. The first-order valence-electron chi connectivity index (χ1n) is 11.5. The Balaban J connectivity index is 1.74. The number of carbonyl (C=O) groups is 1. The highest BCUT2D eigenvalue weighted by atomic mass is 32.2. The van der Waals surface area contributed by atoms with Crippen LogP contribution in [0.5, 0.6) is 5.75 Å². The Labute approximate surface area is 204 Å². The third kappa shape index (κ3) is 5.45. The van der Waals surface area contributed by atoms with E-state index < -0.39 is 22.2 Å². The molecule has 9 heteroatoms.